The van der Waals surface area contributed by atoms with Crippen LogP contribution in [0.25, 0.3) is 0 Å². The second-order valence-corrected chi connectivity index (χ2v) is 7.38. The first-order valence-corrected chi connectivity index (χ1v) is 7.41. The van der Waals surface area contributed by atoms with Gasteiger partial charge in [0, 0.05) is 18.6 Å². The summed E-state index contributed by atoms with van der Waals surface area (Å²) < 4.78 is 63.0. The normalized spacial score (nSPS) is 18.8. The second kappa shape index (κ2) is 5.58. The third kappa shape index (κ3) is 3.62. The Kier molecular flexibility index (Phi) is 4.92. The van der Waals surface area contributed by atoms with Crippen molar-refractivity contribution >= 4 is 34.0 Å². The predicted octanol–water partition coefficient (Wildman–Crippen LogP) is 2.50. The number of sulfonamides is 1. The first kappa shape index (κ1) is 18.5. The van der Waals surface area contributed by atoms with E-state index in [2.05, 4.69) is 0 Å². The molecule has 120 valence electrons. The number of hydrogen-bond acceptors (Lipinski definition) is 3. The fourth-order valence-electron chi connectivity index (χ4n) is 1.95. The van der Waals surface area contributed by atoms with E-state index < -0.39 is 32.3 Å². The van der Waals surface area contributed by atoms with E-state index in [4.69, 9.17) is 17.3 Å². The number of benzene rings is 1. The van der Waals surface area contributed by atoms with Gasteiger partial charge in [-0.25, -0.2) is 8.42 Å². The molecule has 1 aromatic carbocycles. The minimum Gasteiger partial charge on any atom is -0.323 e. The van der Waals surface area contributed by atoms with Crippen LogP contribution in [0.1, 0.15) is 12.5 Å². The average molecular weight is 365 g/mol. The van der Waals surface area contributed by atoms with E-state index in [1.54, 1.807) is 6.92 Å². The van der Waals surface area contributed by atoms with E-state index in [1.165, 1.54) is 0 Å². The van der Waals surface area contributed by atoms with Gasteiger partial charge >= 0.3 is 6.18 Å². The van der Waals surface area contributed by atoms with Crippen LogP contribution in [0.4, 0.5) is 13.2 Å². The van der Waals surface area contributed by atoms with Gasteiger partial charge in [0.05, 0.1) is 10.6 Å². The topological polar surface area (TPSA) is 63.4 Å². The van der Waals surface area contributed by atoms with E-state index in [1.807, 2.05) is 0 Å². The lowest BCUT2D eigenvalue weighted by atomic mass is 9.97. The Labute approximate surface area is 131 Å². The molecule has 1 aromatic rings. The van der Waals surface area contributed by atoms with E-state index in [-0.39, 0.29) is 30.4 Å². The van der Waals surface area contributed by atoms with Gasteiger partial charge in [0.25, 0.3) is 0 Å². The Morgan fingerprint density at radius 1 is 1.33 bits per heavy atom. The Balaban J connectivity index is 0.00000220. The van der Waals surface area contributed by atoms with Crippen molar-refractivity contribution in [3.05, 3.63) is 28.8 Å². The van der Waals surface area contributed by atoms with Crippen molar-refractivity contribution in [2.45, 2.75) is 23.5 Å². The van der Waals surface area contributed by atoms with Gasteiger partial charge in [-0.3, -0.25) is 0 Å². The van der Waals surface area contributed by atoms with E-state index in [9.17, 15) is 21.6 Å². The molecule has 0 aromatic heterocycles. The maximum absolute atomic E-state index is 12.5. The van der Waals surface area contributed by atoms with E-state index in [0.717, 1.165) is 10.4 Å². The number of alkyl halides is 3. The molecule has 1 fully saturated rings. The summed E-state index contributed by atoms with van der Waals surface area (Å²) in [5.74, 6) is 0. The van der Waals surface area contributed by atoms with E-state index in [0.29, 0.717) is 12.1 Å². The standard InChI is InChI=1S/C11H12ClF3N2O2S.ClH/c1-10(16)5-17(6-10)20(18,19)9-3-2-7(4-8(9)12)11(13,14)15;/h2-4H,5-6,16H2,1H3;1H. The van der Waals surface area contributed by atoms with Crippen molar-refractivity contribution in [2.24, 2.45) is 5.73 Å². The van der Waals surface area contributed by atoms with Gasteiger partial charge < -0.3 is 5.73 Å². The molecule has 1 heterocycles. The van der Waals surface area contributed by atoms with Gasteiger partial charge in [-0.05, 0) is 25.1 Å². The SMILES string of the molecule is CC1(N)CN(S(=O)(=O)c2ccc(C(F)(F)F)cc2Cl)C1.Cl. The van der Waals surface area contributed by atoms with Crippen molar-refractivity contribution in [3.63, 3.8) is 0 Å². The molecular weight excluding hydrogens is 352 g/mol. The summed E-state index contributed by atoms with van der Waals surface area (Å²) in [5, 5.41) is -0.453. The van der Waals surface area contributed by atoms with Crippen LogP contribution < -0.4 is 5.73 Å². The smallest absolute Gasteiger partial charge is 0.323 e. The molecule has 2 rings (SSSR count). The number of nitrogens with zero attached hydrogens (tertiary/aromatic N) is 1. The summed E-state index contributed by atoms with van der Waals surface area (Å²) in [4.78, 5) is -0.345. The van der Waals surface area contributed by atoms with Crippen LogP contribution in [-0.4, -0.2) is 31.4 Å². The van der Waals surface area contributed by atoms with Crippen molar-refractivity contribution in [1.29, 1.82) is 0 Å². The van der Waals surface area contributed by atoms with Crippen LogP contribution in [0, 0.1) is 0 Å². The zero-order valence-corrected chi connectivity index (χ0v) is 13.2. The van der Waals surface area contributed by atoms with Gasteiger partial charge in [0.1, 0.15) is 4.90 Å². The number of rotatable bonds is 2. The van der Waals surface area contributed by atoms with Crippen molar-refractivity contribution in [2.75, 3.05) is 13.1 Å². The Hall–Kier alpha value is -0.540. The highest BCUT2D eigenvalue weighted by Gasteiger charge is 2.43. The molecule has 0 spiro atoms. The molecule has 0 bridgehead atoms. The maximum atomic E-state index is 12.5. The first-order valence-electron chi connectivity index (χ1n) is 5.59. The Morgan fingerprint density at radius 2 is 1.86 bits per heavy atom. The van der Waals surface area contributed by atoms with Gasteiger partial charge in [-0.15, -0.1) is 12.4 Å². The summed E-state index contributed by atoms with van der Waals surface area (Å²) >= 11 is 5.68. The monoisotopic (exact) mass is 364 g/mol. The van der Waals surface area contributed by atoms with Crippen LogP contribution in [0.3, 0.4) is 0 Å². The lowest BCUT2D eigenvalue weighted by molar-refractivity contribution is -0.137. The Morgan fingerprint density at radius 3 is 2.24 bits per heavy atom. The third-order valence-corrected chi connectivity index (χ3v) is 5.23. The zero-order valence-electron chi connectivity index (χ0n) is 10.8. The largest absolute Gasteiger partial charge is 0.416 e. The van der Waals surface area contributed by atoms with Gasteiger partial charge in [-0.2, -0.15) is 17.5 Å². The quantitative estimate of drug-likeness (QED) is 0.876. The molecule has 2 N–H and O–H groups in total. The highest BCUT2D eigenvalue weighted by atomic mass is 35.5. The highest BCUT2D eigenvalue weighted by molar-refractivity contribution is 7.89. The molecule has 0 aliphatic carbocycles. The first-order chi connectivity index (χ1) is 8.93. The van der Waals surface area contributed by atoms with Crippen molar-refractivity contribution in [3.8, 4) is 0 Å². The molecule has 1 aliphatic rings. The molecular formula is C11H13Cl2F3N2O2S. The molecule has 1 aliphatic heterocycles. The summed E-state index contributed by atoms with van der Waals surface area (Å²) in [6.45, 7) is 1.90. The van der Waals surface area contributed by atoms with Gasteiger partial charge in [0.15, 0.2) is 0 Å². The highest BCUT2D eigenvalue weighted by Crippen LogP contribution is 2.35. The molecule has 0 saturated carbocycles. The molecule has 0 atom stereocenters. The minimum absolute atomic E-state index is 0. The zero-order chi connectivity index (χ0) is 15.3. The lowest BCUT2D eigenvalue weighted by Crippen LogP contribution is -2.66. The van der Waals surface area contributed by atoms with E-state index >= 15 is 0 Å². The molecule has 1 saturated heterocycles. The van der Waals surface area contributed by atoms with Crippen LogP contribution in [0.2, 0.25) is 5.02 Å². The summed E-state index contributed by atoms with van der Waals surface area (Å²) in [6.07, 6.45) is -4.57. The minimum atomic E-state index is -4.57. The molecule has 0 radical (unpaired) electrons. The van der Waals surface area contributed by atoms with Crippen LogP contribution in [-0.2, 0) is 16.2 Å². The van der Waals surface area contributed by atoms with Crippen molar-refractivity contribution < 1.29 is 21.6 Å². The van der Waals surface area contributed by atoms with Crippen molar-refractivity contribution in [1.82, 2.24) is 4.31 Å². The predicted molar refractivity (Wildman–Crippen MR) is 75.1 cm³/mol. The number of nitrogens with two attached hydrogens (primary N) is 1. The number of hydrogen-bond donors (Lipinski definition) is 1. The van der Waals surface area contributed by atoms with Crippen LogP contribution in [0.15, 0.2) is 23.1 Å². The molecule has 10 heteroatoms. The fraction of sp³-hybridized carbons (Fsp3) is 0.455. The summed E-state index contributed by atoms with van der Waals surface area (Å²) in [5.41, 5.74) is 4.11. The second-order valence-electron chi connectivity index (χ2n) is 5.07. The molecule has 4 nitrogen and oxygen atoms in total. The van der Waals surface area contributed by atoms with Crippen LogP contribution >= 0.6 is 24.0 Å². The third-order valence-electron chi connectivity index (χ3n) is 2.95. The Bertz CT molecular complexity index is 639. The number of halogens is 5. The molecule has 21 heavy (non-hydrogen) atoms. The fourth-order valence-corrected chi connectivity index (χ4v) is 4.18. The molecule has 0 unspecified atom stereocenters. The maximum Gasteiger partial charge on any atom is 0.416 e. The van der Waals surface area contributed by atoms with Crippen LogP contribution in [0.5, 0.6) is 0 Å². The average Bonchev–Trinajstić information content (AvgIpc) is 2.24. The lowest BCUT2D eigenvalue weighted by Gasteiger charge is -2.44. The summed E-state index contributed by atoms with van der Waals surface area (Å²) in [7, 11) is -3.91. The van der Waals surface area contributed by atoms with Gasteiger partial charge in [0.2, 0.25) is 10.0 Å². The summed E-state index contributed by atoms with van der Waals surface area (Å²) in [6, 6.07) is 2.17. The molecule has 0 amide bonds. The van der Waals surface area contributed by atoms with Gasteiger partial charge in [-0.1, -0.05) is 11.6 Å².